The lowest BCUT2D eigenvalue weighted by atomic mass is 9.98. The van der Waals surface area contributed by atoms with E-state index in [9.17, 15) is 5.11 Å². The number of likely N-dealkylation sites (tertiary alicyclic amines) is 1. The monoisotopic (exact) mass is 364 g/mol. The summed E-state index contributed by atoms with van der Waals surface area (Å²) in [6.45, 7) is 2.38. The molecule has 2 aromatic rings. The van der Waals surface area contributed by atoms with Crippen LogP contribution < -0.4 is 0 Å². The fraction of sp³-hybridized carbons (Fsp3) is 0.412. The minimum absolute atomic E-state index is 0.113. The van der Waals surface area contributed by atoms with Crippen LogP contribution in [0.25, 0.3) is 5.69 Å². The predicted octanol–water partition coefficient (Wildman–Crippen LogP) is 3.41. The molecule has 0 aliphatic carbocycles. The molecule has 0 atom stereocenters. The highest BCUT2D eigenvalue weighted by Gasteiger charge is 2.20. The third-order valence-electron chi connectivity index (χ3n) is 4.36. The second-order valence-corrected chi connectivity index (χ2v) is 6.80. The van der Waals surface area contributed by atoms with Gasteiger partial charge in [0, 0.05) is 24.2 Å². The second-order valence-electron chi connectivity index (χ2n) is 5.98. The van der Waals surface area contributed by atoms with Crippen molar-refractivity contribution in [3.05, 3.63) is 45.7 Å². The van der Waals surface area contributed by atoms with Gasteiger partial charge in [-0.15, -0.1) is 0 Å². The van der Waals surface area contributed by atoms with Gasteiger partial charge in [-0.25, -0.2) is 4.68 Å². The average molecular weight is 365 g/mol. The molecule has 1 aromatic heterocycles. The number of aliphatic hydroxyl groups excluding tert-OH is 1. The molecule has 1 aliphatic heterocycles. The highest BCUT2D eigenvalue weighted by Crippen LogP contribution is 2.25. The standard InChI is InChI=1S/C17H18Cl2N4O/c18-15-2-1-14(7-16(15)19)23-10-13(17(11-24)21-23)9-22-5-3-12(8-20)4-6-22/h1-2,7,10,12,24H,3-6,9,11H2. The number of hydrogen-bond acceptors (Lipinski definition) is 4. The fourth-order valence-electron chi connectivity index (χ4n) is 2.93. The zero-order chi connectivity index (χ0) is 17.1. The lowest BCUT2D eigenvalue weighted by molar-refractivity contribution is 0.195. The molecule has 0 bridgehead atoms. The van der Waals surface area contributed by atoms with Crippen molar-refractivity contribution in [2.45, 2.75) is 26.0 Å². The number of benzene rings is 1. The van der Waals surface area contributed by atoms with Gasteiger partial charge in [0.25, 0.3) is 0 Å². The third-order valence-corrected chi connectivity index (χ3v) is 5.10. The molecule has 0 radical (unpaired) electrons. The van der Waals surface area contributed by atoms with Crippen molar-refractivity contribution in [1.29, 1.82) is 5.26 Å². The van der Waals surface area contributed by atoms with Crippen LogP contribution in [0.15, 0.2) is 24.4 Å². The maximum atomic E-state index is 9.60. The van der Waals surface area contributed by atoms with E-state index in [0.717, 1.165) is 43.7 Å². The van der Waals surface area contributed by atoms with Crippen LogP contribution in [0.2, 0.25) is 10.0 Å². The van der Waals surface area contributed by atoms with Gasteiger partial charge in [0.2, 0.25) is 0 Å². The molecule has 1 fully saturated rings. The molecule has 126 valence electrons. The van der Waals surface area contributed by atoms with E-state index >= 15 is 0 Å². The third kappa shape index (κ3) is 3.73. The summed E-state index contributed by atoms with van der Waals surface area (Å²) in [4.78, 5) is 2.29. The van der Waals surface area contributed by atoms with Crippen molar-refractivity contribution in [3.63, 3.8) is 0 Å². The predicted molar refractivity (Wildman–Crippen MR) is 93.1 cm³/mol. The smallest absolute Gasteiger partial charge is 0.0928 e. The van der Waals surface area contributed by atoms with Gasteiger partial charge in [-0.3, -0.25) is 4.90 Å². The van der Waals surface area contributed by atoms with Crippen molar-refractivity contribution in [2.75, 3.05) is 13.1 Å². The van der Waals surface area contributed by atoms with Crippen LogP contribution >= 0.6 is 23.2 Å². The van der Waals surface area contributed by atoms with Gasteiger partial charge >= 0.3 is 0 Å². The Morgan fingerprint density at radius 3 is 2.62 bits per heavy atom. The molecule has 7 heteroatoms. The van der Waals surface area contributed by atoms with Crippen LogP contribution in [0.3, 0.4) is 0 Å². The number of hydrogen-bond donors (Lipinski definition) is 1. The zero-order valence-corrected chi connectivity index (χ0v) is 14.6. The summed E-state index contributed by atoms with van der Waals surface area (Å²) in [6, 6.07) is 7.66. The van der Waals surface area contributed by atoms with Crippen LogP contribution in [0, 0.1) is 17.2 Å². The summed E-state index contributed by atoms with van der Waals surface area (Å²) >= 11 is 12.0. The quantitative estimate of drug-likeness (QED) is 0.902. The molecular formula is C17H18Cl2N4O. The fourth-order valence-corrected chi connectivity index (χ4v) is 3.22. The van der Waals surface area contributed by atoms with Crippen LogP contribution in [-0.4, -0.2) is 32.9 Å². The van der Waals surface area contributed by atoms with E-state index in [1.165, 1.54) is 0 Å². The van der Waals surface area contributed by atoms with Crippen LogP contribution in [0.5, 0.6) is 0 Å². The van der Waals surface area contributed by atoms with Gasteiger partial charge < -0.3 is 5.11 Å². The molecule has 0 saturated carbocycles. The van der Waals surface area contributed by atoms with E-state index in [0.29, 0.717) is 15.7 Å². The van der Waals surface area contributed by atoms with Crippen LogP contribution in [-0.2, 0) is 13.2 Å². The van der Waals surface area contributed by atoms with E-state index in [1.807, 2.05) is 12.3 Å². The highest BCUT2D eigenvalue weighted by molar-refractivity contribution is 6.42. The summed E-state index contributed by atoms with van der Waals surface area (Å²) < 4.78 is 1.71. The lowest BCUT2D eigenvalue weighted by Crippen LogP contribution is -2.32. The number of rotatable bonds is 4. The van der Waals surface area contributed by atoms with E-state index < -0.39 is 0 Å². The Bertz CT molecular complexity index is 760. The molecule has 1 aromatic carbocycles. The van der Waals surface area contributed by atoms with E-state index in [2.05, 4.69) is 16.1 Å². The molecule has 1 aliphatic rings. The Kier molecular flexibility index (Phi) is 5.42. The zero-order valence-electron chi connectivity index (χ0n) is 13.1. The molecule has 1 saturated heterocycles. The number of aliphatic hydroxyl groups is 1. The normalized spacial score (nSPS) is 16.2. The van der Waals surface area contributed by atoms with Gasteiger partial charge in [0.05, 0.1) is 34.1 Å². The SMILES string of the molecule is N#CC1CCN(Cc2cn(-c3ccc(Cl)c(Cl)c3)nc2CO)CC1. The molecule has 0 amide bonds. The van der Waals surface area contributed by atoms with Gasteiger partial charge in [-0.1, -0.05) is 23.2 Å². The van der Waals surface area contributed by atoms with Gasteiger partial charge in [-0.2, -0.15) is 10.4 Å². The minimum Gasteiger partial charge on any atom is -0.390 e. The summed E-state index contributed by atoms with van der Waals surface area (Å²) in [6.07, 6.45) is 3.71. The average Bonchev–Trinajstić information content (AvgIpc) is 3.01. The van der Waals surface area contributed by atoms with Gasteiger partial charge in [0.15, 0.2) is 0 Å². The summed E-state index contributed by atoms with van der Waals surface area (Å²) in [5.74, 6) is 0.164. The Morgan fingerprint density at radius 2 is 2.00 bits per heavy atom. The number of piperidine rings is 1. The molecule has 0 unspecified atom stereocenters. The Balaban J connectivity index is 1.78. The number of aromatic nitrogens is 2. The first-order chi connectivity index (χ1) is 11.6. The lowest BCUT2D eigenvalue weighted by Gasteiger charge is -2.28. The van der Waals surface area contributed by atoms with Crippen LogP contribution in [0.1, 0.15) is 24.1 Å². The van der Waals surface area contributed by atoms with Crippen molar-refractivity contribution >= 4 is 23.2 Å². The molecule has 1 N–H and O–H groups in total. The summed E-state index contributed by atoms with van der Waals surface area (Å²) in [5, 5.41) is 24.0. The number of nitriles is 1. The summed E-state index contributed by atoms with van der Waals surface area (Å²) in [5.41, 5.74) is 2.44. The molecular weight excluding hydrogens is 347 g/mol. The van der Waals surface area contributed by atoms with Crippen LogP contribution in [0.4, 0.5) is 0 Å². The topological polar surface area (TPSA) is 65.1 Å². The number of halogens is 2. The summed E-state index contributed by atoms with van der Waals surface area (Å²) in [7, 11) is 0. The maximum absolute atomic E-state index is 9.60. The Labute approximate surface area is 151 Å². The first-order valence-corrected chi connectivity index (χ1v) is 8.62. The molecule has 24 heavy (non-hydrogen) atoms. The Morgan fingerprint density at radius 1 is 1.25 bits per heavy atom. The first kappa shape index (κ1) is 17.2. The van der Waals surface area contributed by atoms with Crippen molar-refractivity contribution in [1.82, 2.24) is 14.7 Å². The molecule has 2 heterocycles. The van der Waals surface area contributed by atoms with E-state index in [4.69, 9.17) is 28.5 Å². The van der Waals surface area contributed by atoms with Gasteiger partial charge in [-0.05, 0) is 44.1 Å². The first-order valence-electron chi connectivity index (χ1n) is 7.86. The Hall–Kier alpha value is -1.58. The second kappa shape index (κ2) is 7.54. The van der Waals surface area contributed by atoms with E-state index in [-0.39, 0.29) is 12.5 Å². The van der Waals surface area contributed by atoms with Crippen molar-refractivity contribution < 1.29 is 5.11 Å². The van der Waals surface area contributed by atoms with Crippen molar-refractivity contribution in [2.24, 2.45) is 5.92 Å². The van der Waals surface area contributed by atoms with Crippen molar-refractivity contribution in [3.8, 4) is 11.8 Å². The van der Waals surface area contributed by atoms with Gasteiger partial charge in [0.1, 0.15) is 0 Å². The highest BCUT2D eigenvalue weighted by atomic mass is 35.5. The minimum atomic E-state index is -0.113. The maximum Gasteiger partial charge on any atom is 0.0928 e. The largest absolute Gasteiger partial charge is 0.390 e. The molecule has 5 nitrogen and oxygen atoms in total. The molecule has 3 rings (SSSR count). The number of nitrogens with zero attached hydrogens (tertiary/aromatic N) is 4. The van der Waals surface area contributed by atoms with E-state index in [1.54, 1.807) is 16.8 Å². The molecule has 0 spiro atoms.